The summed E-state index contributed by atoms with van der Waals surface area (Å²) < 4.78 is 0. The molecule has 0 aliphatic heterocycles. The van der Waals surface area contributed by atoms with Gasteiger partial charge in [0.25, 0.3) is 0 Å². The van der Waals surface area contributed by atoms with Gasteiger partial charge in [-0.15, -0.1) is 11.3 Å². The van der Waals surface area contributed by atoms with Crippen molar-refractivity contribution in [3.63, 3.8) is 0 Å². The van der Waals surface area contributed by atoms with Crippen LogP contribution in [0.25, 0.3) is 0 Å². The van der Waals surface area contributed by atoms with E-state index in [0.717, 1.165) is 10.8 Å². The van der Waals surface area contributed by atoms with Crippen molar-refractivity contribution in [2.45, 2.75) is 0 Å². The quantitative estimate of drug-likeness (QED) is 0.764. The van der Waals surface area contributed by atoms with Gasteiger partial charge < -0.3 is 5.32 Å². The third-order valence-electron chi connectivity index (χ3n) is 1.35. The summed E-state index contributed by atoms with van der Waals surface area (Å²) in [7, 11) is 0. The molecule has 2 aromatic rings. The minimum atomic E-state index is 0.849. The number of rotatable bonds is 2. The average Bonchev–Trinajstić information content (AvgIpc) is 2.59. The Morgan fingerprint density at radius 3 is 3.00 bits per heavy atom. The second kappa shape index (κ2) is 3.32. The molecule has 12 heavy (non-hydrogen) atoms. The van der Waals surface area contributed by atoms with E-state index in [1.54, 1.807) is 29.2 Å². The molecule has 2 heterocycles. The fourth-order valence-electron chi connectivity index (χ4n) is 0.840. The molecule has 0 unspecified atom stereocenters. The first-order chi connectivity index (χ1) is 5.95. The molecule has 0 spiro atoms. The highest BCUT2D eigenvalue weighted by Gasteiger charge is 1.93. The molecule has 0 aliphatic carbocycles. The summed E-state index contributed by atoms with van der Waals surface area (Å²) in [6, 6.07) is 5.74. The molecular weight excluding hydrogens is 170 g/mol. The van der Waals surface area contributed by atoms with Gasteiger partial charge >= 0.3 is 0 Å². The highest BCUT2D eigenvalue weighted by Crippen LogP contribution is 2.17. The smallest absolute Gasteiger partial charge is 0.130 e. The van der Waals surface area contributed by atoms with Crippen LogP contribution in [0.4, 0.5) is 10.8 Å². The molecule has 3 nitrogen and oxygen atoms in total. The van der Waals surface area contributed by atoms with Crippen LogP contribution in [0.2, 0.25) is 0 Å². The maximum atomic E-state index is 4.12. The average molecular weight is 177 g/mol. The van der Waals surface area contributed by atoms with Crippen molar-refractivity contribution in [3.05, 3.63) is 36.1 Å². The normalized spacial score (nSPS) is 9.67. The van der Waals surface area contributed by atoms with Crippen molar-refractivity contribution in [3.8, 4) is 0 Å². The number of aromatic nitrogens is 2. The first kappa shape index (κ1) is 7.24. The van der Waals surface area contributed by atoms with Crippen molar-refractivity contribution >= 4 is 22.2 Å². The van der Waals surface area contributed by atoms with Gasteiger partial charge in [-0.05, 0) is 12.1 Å². The Kier molecular flexibility index (Phi) is 2.00. The van der Waals surface area contributed by atoms with Gasteiger partial charge in [-0.3, -0.25) is 4.98 Å². The lowest BCUT2D eigenvalue weighted by Gasteiger charge is -1.98. The predicted octanol–water partition coefficient (Wildman–Crippen LogP) is 2.28. The van der Waals surface area contributed by atoms with E-state index in [-0.39, 0.29) is 0 Å². The SMILES string of the molecule is c1ccc(Nc2cncs2)nc1. The van der Waals surface area contributed by atoms with Gasteiger partial charge in [0.05, 0.1) is 11.7 Å². The standard InChI is InChI=1S/C8H7N3S/c1-2-4-10-7(3-1)11-8-5-9-6-12-8/h1-6H,(H,10,11). The Labute approximate surface area is 74.1 Å². The zero-order chi connectivity index (χ0) is 8.23. The summed E-state index contributed by atoms with van der Waals surface area (Å²) in [4.78, 5) is 8.07. The lowest BCUT2D eigenvalue weighted by Crippen LogP contribution is -1.88. The highest BCUT2D eigenvalue weighted by molar-refractivity contribution is 7.13. The van der Waals surface area contributed by atoms with Crippen LogP contribution < -0.4 is 5.32 Å². The zero-order valence-electron chi connectivity index (χ0n) is 6.27. The molecule has 0 saturated carbocycles. The minimum absolute atomic E-state index is 0.849. The van der Waals surface area contributed by atoms with Gasteiger partial charge in [0.1, 0.15) is 10.8 Å². The summed E-state index contributed by atoms with van der Waals surface area (Å²) in [5.41, 5.74) is 1.78. The summed E-state index contributed by atoms with van der Waals surface area (Å²) >= 11 is 1.56. The lowest BCUT2D eigenvalue weighted by molar-refractivity contribution is 1.31. The topological polar surface area (TPSA) is 37.8 Å². The molecule has 2 rings (SSSR count). The van der Waals surface area contributed by atoms with Gasteiger partial charge in [0.2, 0.25) is 0 Å². The van der Waals surface area contributed by atoms with Gasteiger partial charge in [0, 0.05) is 6.20 Å². The minimum Gasteiger partial charge on any atom is -0.331 e. The van der Waals surface area contributed by atoms with Gasteiger partial charge in [-0.1, -0.05) is 6.07 Å². The molecule has 2 aromatic heterocycles. The summed E-state index contributed by atoms with van der Waals surface area (Å²) in [5, 5.41) is 4.14. The Morgan fingerprint density at radius 2 is 2.33 bits per heavy atom. The number of anilines is 2. The van der Waals surface area contributed by atoms with Crippen LogP contribution in [-0.4, -0.2) is 9.97 Å². The molecule has 0 saturated heterocycles. The number of nitrogens with zero attached hydrogens (tertiary/aromatic N) is 2. The molecule has 0 radical (unpaired) electrons. The fourth-order valence-corrected chi connectivity index (χ4v) is 1.36. The summed E-state index contributed by atoms with van der Waals surface area (Å²) in [6.45, 7) is 0. The highest BCUT2D eigenvalue weighted by atomic mass is 32.1. The van der Waals surface area contributed by atoms with Crippen LogP contribution in [0.3, 0.4) is 0 Å². The van der Waals surface area contributed by atoms with E-state index in [4.69, 9.17) is 0 Å². The van der Waals surface area contributed by atoms with Crippen molar-refractivity contribution in [2.24, 2.45) is 0 Å². The Morgan fingerprint density at radius 1 is 1.33 bits per heavy atom. The number of thiazole rings is 1. The van der Waals surface area contributed by atoms with E-state index in [1.807, 2.05) is 18.2 Å². The first-order valence-corrected chi connectivity index (χ1v) is 4.40. The molecule has 0 fully saturated rings. The summed E-state index contributed by atoms with van der Waals surface area (Å²) in [6.07, 6.45) is 3.53. The molecule has 0 amide bonds. The van der Waals surface area contributed by atoms with Gasteiger partial charge in [-0.2, -0.15) is 0 Å². The third-order valence-corrected chi connectivity index (χ3v) is 2.04. The largest absolute Gasteiger partial charge is 0.331 e. The van der Waals surface area contributed by atoms with E-state index in [9.17, 15) is 0 Å². The van der Waals surface area contributed by atoms with Crippen LogP contribution in [0.15, 0.2) is 36.1 Å². The van der Waals surface area contributed by atoms with Crippen LogP contribution in [0.1, 0.15) is 0 Å². The second-order valence-electron chi connectivity index (χ2n) is 2.21. The maximum absolute atomic E-state index is 4.12. The van der Waals surface area contributed by atoms with Crippen LogP contribution >= 0.6 is 11.3 Å². The van der Waals surface area contributed by atoms with E-state index in [0.29, 0.717) is 0 Å². The molecule has 0 aromatic carbocycles. The predicted molar refractivity (Wildman–Crippen MR) is 49.6 cm³/mol. The number of hydrogen-bond acceptors (Lipinski definition) is 4. The number of hydrogen-bond donors (Lipinski definition) is 1. The molecular formula is C8H7N3S. The molecule has 4 heteroatoms. The van der Waals surface area contributed by atoms with E-state index in [1.165, 1.54) is 0 Å². The maximum Gasteiger partial charge on any atom is 0.130 e. The molecule has 0 bridgehead atoms. The van der Waals surface area contributed by atoms with Crippen molar-refractivity contribution < 1.29 is 0 Å². The van der Waals surface area contributed by atoms with Crippen LogP contribution in [0.5, 0.6) is 0 Å². The monoisotopic (exact) mass is 177 g/mol. The molecule has 60 valence electrons. The van der Waals surface area contributed by atoms with E-state index >= 15 is 0 Å². The van der Waals surface area contributed by atoms with Gasteiger partial charge in [0.15, 0.2) is 0 Å². The summed E-state index contributed by atoms with van der Waals surface area (Å²) in [5.74, 6) is 0.849. The zero-order valence-corrected chi connectivity index (χ0v) is 7.08. The van der Waals surface area contributed by atoms with E-state index in [2.05, 4.69) is 15.3 Å². The Bertz CT molecular complexity index is 330. The number of pyridine rings is 1. The van der Waals surface area contributed by atoms with Crippen molar-refractivity contribution in [2.75, 3.05) is 5.32 Å². The first-order valence-electron chi connectivity index (χ1n) is 3.52. The molecule has 0 atom stereocenters. The van der Waals surface area contributed by atoms with Crippen LogP contribution in [0, 0.1) is 0 Å². The number of nitrogens with one attached hydrogen (secondary N) is 1. The Hall–Kier alpha value is -1.42. The lowest BCUT2D eigenvalue weighted by atomic mass is 10.5. The third kappa shape index (κ3) is 1.60. The second-order valence-corrected chi connectivity index (χ2v) is 3.09. The Balaban J connectivity index is 2.15. The van der Waals surface area contributed by atoms with Crippen molar-refractivity contribution in [1.29, 1.82) is 0 Å². The van der Waals surface area contributed by atoms with Gasteiger partial charge in [-0.25, -0.2) is 4.98 Å². The van der Waals surface area contributed by atoms with Crippen molar-refractivity contribution in [1.82, 2.24) is 9.97 Å². The fraction of sp³-hybridized carbons (Fsp3) is 0. The molecule has 0 aliphatic rings. The molecule has 1 N–H and O–H groups in total. The van der Waals surface area contributed by atoms with E-state index < -0.39 is 0 Å². The van der Waals surface area contributed by atoms with Crippen LogP contribution in [-0.2, 0) is 0 Å².